The topological polar surface area (TPSA) is 41.5 Å². The maximum atomic E-state index is 9.42. The van der Waals surface area contributed by atoms with E-state index in [1.807, 2.05) is 0 Å². The predicted octanol–water partition coefficient (Wildman–Crippen LogP) is 3.50. The van der Waals surface area contributed by atoms with Crippen LogP contribution in [0.4, 0.5) is 0 Å². The first-order chi connectivity index (χ1) is 9.18. The van der Waals surface area contributed by atoms with Crippen molar-refractivity contribution in [2.24, 2.45) is 0 Å². The highest BCUT2D eigenvalue weighted by molar-refractivity contribution is 4.81. The number of aliphatic hydroxyl groups excluding tert-OH is 1. The lowest BCUT2D eigenvalue weighted by Crippen LogP contribution is -2.46. The summed E-state index contributed by atoms with van der Waals surface area (Å²) < 4.78 is 5.67. The Balaban J connectivity index is 3.40. The van der Waals surface area contributed by atoms with Crippen LogP contribution in [0.2, 0.25) is 0 Å². The van der Waals surface area contributed by atoms with E-state index in [1.54, 1.807) is 0 Å². The molecule has 0 amide bonds. The Labute approximate surface area is 120 Å². The fraction of sp³-hybridized carbons (Fsp3) is 1.00. The number of hydrogen-bond donors (Lipinski definition) is 2. The average Bonchev–Trinajstić information content (AvgIpc) is 2.43. The number of hydrogen-bond acceptors (Lipinski definition) is 3. The summed E-state index contributed by atoms with van der Waals surface area (Å²) >= 11 is 0. The van der Waals surface area contributed by atoms with E-state index in [1.165, 1.54) is 38.5 Å². The second-order valence-electron chi connectivity index (χ2n) is 5.78. The molecule has 0 aromatic heterocycles. The quantitative estimate of drug-likeness (QED) is 0.476. The molecule has 1 atom stereocenters. The number of rotatable bonds is 14. The first-order valence-corrected chi connectivity index (χ1v) is 8.12. The fourth-order valence-electron chi connectivity index (χ4n) is 2.03. The number of ether oxygens (including phenoxy) is 1. The standard InChI is InChI=1S/C16H35NO2/c1-4-6-7-8-9-10-13-19-14-11-16(3,15-18)17-12-5-2/h17-18H,4-15H2,1-3H3. The van der Waals surface area contributed by atoms with E-state index in [9.17, 15) is 5.11 Å². The van der Waals surface area contributed by atoms with Crippen molar-refractivity contribution < 1.29 is 9.84 Å². The minimum absolute atomic E-state index is 0.174. The average molecular weight is 273 g/mol. The Morgan fingerprint density at radius 1 is 0.947 bits per heavy atom. The van der Waals surface area contributed by atoms with Crippen molar-refractivity contribution in [1.82, 2.24) is 5.32 Å². The Morgan fingerprint density at radius 3 is 2.26 bits per heavy atom. The van der Waals surface area contributed by atoms with Crippen LogP contribution in [-0.4, -0.2) is 37.0 Å². The van der Waals surface area contributed by atoms with Crippen molar-refractivity contribution >= 4 is 0 Å². The number of nitrogens with one attached hydrogen (secondary N) is 1. The van der Waals surface area contributed by atoms with Crippen molar-refractivity contribution in [2.45, 2.75) is 77.7 Å². The molecule has 0 aromatic carbocycles. The maximum Gasteiger partial charge on any atom is 0.0611 e. The molecule has 0 radical (unpaired) electrons. The third-order valence-electron chi connectivity index (χ3n) is 3.59. The van der Waals surface area contributed by atoms with Gasteiger partial charge in [-0.2, -0.15) is 0 Å². The van der Waals surface area contributed by atoms with Crippen LogP contribution in [0.15, 0.2) is 0 Å². The largest absolute Gasteiger partial charge is 0.394 e. The molecule has 0 rings (SSSR count). The van der Waals surface area contributed by atoms with Crippen LogP contribution in [0.1, 0.15) is 72.1 Å². The summed E-state index contributed by atoms with van der Waals surface area (Å²) in [5, 5.41) is 12.8. The lowest BCUT2D eigenvalue weighted by molar-refractivity contribution is 0.0848. The van der Waals surface area contributed by atoms with Crippen LogP contribution in [0.25, 0.3) is 0 Å². The molecule has 0 aliphatic carbocycles. The highest BCUT2D eigenvalue weighted by Crippen LogP contribution is 2.10. The van der Waals surface area contributed by atoms with E-state index in [0.717, 1.165) is 32.6 Å². The molecule has 0 saturated heterocycles. The van der Waals surface area contributed by atoms with Crippen LogP contribution in [-0.2, 0) is 4.74 Å². The molecule has 1 unspecified atom stereocenters. The molecular formula is C16H35NO2. The molecule has 2 N–H and O–H groups in total. The molecule has 0 aliphatic heterocycles. The summed E-state index contributed by atoms with van der Waals surface area (Å²) in [6, 6.07) is 0. The van der Waals surface area contributed by atoms with E-state index in [0.29, 0.717) is 0 Å². The molecule has 0 aromatic rings. The van der Waals surface area contributed by atoms with Gasteiger partial charge in [-0.1, -0.05) is 46.0 Å². The van der Waals surface area contributed by atoms with Gasteiger partial charge < -0.3 is 15.2 Å². The molecular weight excluding hydrogens is 238 g/mol. The Kier molecular flexibility index (Phi) is 12.8. The summed E-state index contributed by atoms with van der Waals surface area (Å²) in [5.41, 5.74) is -0.183. The Bertz CT molecular complexity index is 188. The predicted molar refractivity (Wildman–Crippen MR) is 82.6 cm³/mol. The van der Waals surface area contributed by atoms with Crippen molar-refractivity contribution in [1.29, 1.82) is 0 Å². The van der Waals surface area contributed by atoms with Gasteiger partial charge in [0.1, 0.15) is 0 Å². The molecule has 19 heavy (non-hydrogen) atoms. The van der Waals surface area contributed by atoms with E-state index < -0.39 is 0 Å². The molecule has 0 bridgehead atoms. The smallest absolute Gasteiger partial charge is 0.0611 e. The van der Waals surface area contributed by atoms with Gasteiger partial charge in [0.15, 0.2) is 0 Å². The van der Waals surface area contributed by atoms with E-state index in [4.69, 9.17) is 4.74 Å². The van der Waals surface area contributed by atoms with Crippen LogP contribution >= 0.6 is 0 Å². The van der Waals surface area contributed by atoms with Crippen LogP contribution in [0.3, 0.4) is 0 Å². The summed E-state index contributed by atoms with van der Waals surface area (Å²) in [5.74, 6) is 0. The molecule has 3 heteroatoms. The highest BCUT2D eigenvalue weighted by Gasteiger charge is 2.21. The van der Waals surface area contributed by atoms with Gasteiger partial charge in [-0.25, -0.2) is 0 Å². The number of aliphatic hydroxyl groups is 1. The third-order valence-corrected chi connectivity index (χ3v) is 3.59. The summed E-state index contributed by atoms with van der Waals surface area (Å²) in [7, 11) is 0. The monoisotopic (exact) mass is 273 g/mol. The van der Waals surface area contributed by atoms with Gasteiger partial charge >= 0.3 is 0 Å². The van der Waals surface area contributed by atoms with Crippen molar-refractivity contribution in [3.63, 3.8) is 0 Å². The summed E-state index contributed by atoms with van der Waals surface area (Å²) in [4.78, 5) is 0. The normalized spacial score (nSPS) is 14.5. The van der Waals surface area contributed by atoms with E-state index in [2.05, 4.69) is 26.1 Å². The molecule has 3 nitrogen and oxygen atoms in total. The zero-order chi connectivity index (χ0) is 14.4. The first kappa shape index (κ1) is 18.9. The van der Waals surface area contributed by atoms with Gasteiger partial charge in [-0.3, -0.25) is 0 Å². The molecule has 0 heterocycles. The summed E-state index contributed by atoms with van der Waals surface area (Å²) in [6.07, 6.45) is 9.78. The Morgan fingerprint density at radius 2 is 1.63 bits per heavy atom. The molecule has 0 aliphatic rings. The SMILES string of the molecule is CCCCCCCCOCCC(C)(CO)NCCC. The number of unbranched alkanes of at least 4 members (excludes halogenated alkanes) is 5. The van der Waals surface area contributed by atoms with Gasteiger partial charge in [0.25, 0.3) is 0 Å². The van der Waals surface area contributed by atoms with Crippen LogP contribution in [0.5, 0.6) is 0 Å². The van der Waals surface area contributed by atoms with Gasteiger partial charge in [-0.15, -0.1) is 0 Å². The van der Waals surface area contributed by atoms with Gasteiger partial charge in [0.2, 0.25) is 0 Å². The van der Waals surface area contributed by atoms with Crippen molar-refractivity contribution in [2.75, 3.05) is 26.4 Å². The van der Waals surface area contributed by atoms with Crippen molar-refractivity contribution in [3.05, 3.63) is 0 Å². The van der Waals surface area contributed by atoms with Crippen molar-refractivity contribution in [3.8, 4) is 0 Å². The fourth-order valence-corrected chi connectivity index (χ4v) is 2.03. The lowest BCUT2D eigenvalue weighted by Gasteiger charge is -2.28. The highest BCUT2D eigenvalue weighted by atomic mass is 16.5. The third kappa shape index (κ3) is 11.4. The zero-order valence-corrected chi connectivity index (χ0v) is 13.3. The molecule has 0 spiro atoms. The van der Waals surface area contributed by atoms with Gasteiger partial charge in [-0.05, 0) is 32.7 Å². The van der Waals surface area contributed by atoms with E-state index >= 15 is 0 Å². The van der Waals surface area contributed by atoms with Crippen LogP contribution < -0.4 is 5.32 Å². The second kappa shape index (κ2) is 12.9. The first-order valence-electron chi connectivity index (χ1n) is 8.12. The van der Waals surface area contributed by atoms with Gasteiger partial charge in [0, 0.05) is 18.8 Å². The minimum atomic E-state index is -0.183. The minimum Gasteiger partial charge on any atom is -0.394 e. The van der Waals surface area contributed by atoms with E-state index in [-0.39, 0.29) is 12.1 Å². The summed E-state index contributed by atoms with van der Waals surface area (Å²) in [6.45, 7) is 9.18. The molecule has 116 valence electrons. The second-order valence-corrected chi connectivity index (χ2v) is 5.78. The van der Waals surface area contributed by atoms with Crippen LogP contribution in [0, 0.1) is 0 Å². The molecule has 0 saturated carbocycles. The lowest BCUT2D eigenvalue weighted by atomic mass is 9.99. The van der Waals surface area contributed by atoms with Gasteiger partial charge in [0.05, 0.1) is 6.61 Å². The zero-order valence-electron chi connectivity index (χ0n) is 13.3. The molecule has 0 fully saturated rings. The maximum absolute atomic E-state index is 9.42. The Hall–Kier alpha value is -0.120.